The first-order valence-corrected chi connectivity index (χ1v) is 9.26. The molecule has 0 aliphatic rings. The van der Waals surface area contributed by atoms with Crippen molar-refractivity contribution < 1.29 is 0 Å². The van der Waals surface area contributed by atoms with Gasteiger partial charge in [0.05, 0.1) is 35.2 Å². The van der Waals surface area contributed by atoms with Crippen molar-refractivity contribution >= 4 is 21.8 Å². The minimum atomic E-state index is -0.630. The number of aromatic nitrogens is 13. The summed E-state index contributed by atoms with van der Waals surface area (Å²) in [6, 6.07) is 2.78. The third kappa shape index (κ3) is 3.11. The first-order valence-electron chi connectivity index (χ1n) is 9.26. The summed E-state index contributed by atoms with van der Waals surface area (Å²) in [5.74, 6) is 0. The molecule has 0 amide bonds. The average molecular weight is 421 g/mol. The summed E-state index contributed by atoms with van der Waals surface area (Å²) < 4.78 is 2.62. The van der Waals surface area contributed by atoms with E-state index in [2.05, 4.69) is 46.1 Å². The fourth-order valence-corrected chi connectivity index (χ4v) is 3.28. The van der Waals surface area contributed by atoms with Gasteiger partial charge >= 0.3 is 0 Å². The number of rotatable bonds is 5. The monoisotopic (exact) mass is 421 g/mol. The minimum Gasteiger partial charge on any atom is -0.294 e. The molecule has 5 aromatic rings. The SMILES string of the molecule is C[C@H](Cn1ncnn1)n1cnc2cc3c(=O)n([C@H](C)n4ncnn4)nnc3cc2c1=O. The Balaban J connectivity index is 1.60. The predicted octanol–water partition coefficient (Wildman–Crippen LogP) is -1.20. The van der Waals surface area contributed by atoms with E-state index in [0.29, 0.717) is 17.4 Å². The number of tetrazole rings is 2. The largest absolute Gasteiger partial charge is 0.294 e. The van der Waals surface area contributed by atoms with Crippen LogP contribution in [0.2, 0.25) is 0 Å². The molecule has 156 valence electrons. The summed E-state index contributed by atoms with van der Waals surface area (Å²) in [5.41, 5.74) is -0.0169. The molecule has 31 heavy (non-hydrogen) atoms. The molecule has 0 saturated heterocycles. The second kappa shape index (κ2) is 7.12. The summed E-state index contributed by atoms with van der Waals surface area (Å²) >= 11 is 0. The van der Waals surface area contributed by atoms with E-state index in [1.165, 1.54) is 45.3 Å². The summed E-state index contributed by atoms with van der Waals surface area (Å²) in [4.78, 5) is 33.0. The second-order valence-corrected chi connectivity index (χ2v) is 6.91. The van der Waals surface area contributed by atoms with Gasteiger partial charge in [0.25, 0.3) is 11.1 Å². The van der Waals surface area contributed by atoms with E-state index < -0.39 is 11.7 Å². The number of fused-ring (bicyclic) bond motifs is 2. The number of nitrogens with zero attached hydrogens (tertiary/aromatic N) is 13. The molecule has 0 spiro atoms. The molecule has 15 nitrogen and oxygen atoms in total. The van der Waals surface area contributed by atoms with Crippen LogP contribution in [0.3, 0.4) is 0 Å². The van der Waals surface area contributed by atoms with Crippen molar-refractivity contribution in [2.24, 2.45) is 0 Å². The molecular formula is C16H15N13O2. The van der Waals surface area contributed by atoms with Crippen molar-refractivity contribution in [3.8, 4) is 0 Å². The molecule has 0 aliphatic heterocycles. The second-order valence-electron chi connectivity index (χ2n) is 6.91. The van der Waals surface area contributed by atoms with E-state index in [1.54, 1.807) is 6.92 Å². The lowest BCUT2D eigenvalue weighted by Gasteiger charge is -2.14. The van der Waals surface area contributed by atoms with Gasteiger partial charge in [0.15, 0.2) is 18.8 Å². The van der Waals surface area contributed by atoms with Crippen molar-refractivity contribution in [3.05, 3.63) is 51.8 Å². The van der Waals surface area contributed by atoms with Crippen LogP contribution in [0.1, 0.15) is 26.1 Å². The van der Waals surface area contributed by atoms with Crippen molar-refractivity contribution in [2.75, 3.05) is 0 Å². The lowest BCUT2D eigenvalue weighted by atomic mass is 10.1. The fraction of sp³-hybridized carbons (Fsp3) is 0.312. The normalized spacial score (nSPS) is 13.6. The number of hydrogen-bond donors (Lipinski definition) is 0. The van der Waals surface area contributed by atoms with Gasteiger partial charge < -0.3 is 0 Å². The van der Waals surface area contributed by atoms with Crippen molar-refractivity contribution in [2.45, 2.75) is 32.6 Å². The summed E-state index contributed by atoms with van der Waals surface area (Å²) in [6.45, 7) is 3.88. The van der Waals surface area contributed by atoms with Crippen molar-refractivity contribution in [1.29, 1.82) is 0 Å². The van der Waals surface area contributed by atoms with Crippen LogP contribution in [-0.2, 0) is 6.54 Å². The van der Waals surface area contributed by atoms with Crippen molar-refractivity contribution in [3.63, 3.8) is 0 Å². The molecule has 1 aromatic carbocycles. The first-order chi connectivity index (χ1) is 15.0. The molecule has 15 heteroatoms. The van der Waals surface area contributed by atoms with E-state index in [4.69, 9.17) is 0 Å². The van der Waals surface area contributed by atoms with E-state index in [0.717, 1.165) is 4.68 Å². The Morgan fingerprint density at radius 1 is 0.903 bits per heavy atom. The smallest absolute Gasteiger partial charge is 0.279 e. The van der Waals surface area contributed by atoms with Crippen molar-refractivity contribution in [1.82, 2.24) is 65.0 Å². The van der Waals surface area contributed by atoms with Crippen LogP contribution < -0.4 is 11.1 Å². The zero-order valence-corrected chi connectivity index (χ0v) is 16.4. The fourth-order valence-electron chi connectivity index (χ4n) is 3.28. The maximum absolute atomic E-state index is 13.1. The Labute approximate surface area is 171 Å². The third-order valence-electron chi connectivity index (χ3n) is 4.93. The number of benzene rings is 1. The molecule has 0 radical (unpaired) electrons. The van der Waals surface area contributed by atoms with Crippen LogP contribution in [0.25, 0.3) is 21.8 Å². The van der Waals surface area contributed by atoms with Crippen LogP contribution >= 0.6 is 0 Å². The van der Waals surface area contributed by atoms with Gasteiger partial charge in [-0.3, -0.25) is 14.2 Å². The van der Waals surface area contributed by atoms with Gasteiger partial charge in [-0.2, -0.15) is 9.48 Å². The van der Waals surface area contributed by atoms with Gasteiger partial charge in [0.2, 0.25) is 0 Å². The molecule has 4 aromatic heterocycles. The quantitative estimate of drug-likeness (QED) is 0.312. The van der Waals surface area contributed by atoms with Gasteiger partial charge in [-0.05, 0) is 36.4 Å². The highest BCUT2D eigenvalue weighted by Crippen LogP contribution is 2.16. The Bertz CT molecular complexity index is 1490. The highest BCUT2D eigenvalue weighted by atomic mass is 16.1. The highest BCUT2D eigenvalue weighted by Gasteiger charge is 2.17. The van der Waals surface area contributed by atoms with Gasteiger partial charge in [-0.15, -0.1) is 30.3 Å². The minimum absolute atomic E-state index is 0.273. The first kappa shape index (κ1) is 18.6. The van der Waals surface area contributed by atoms with Gasteiger partial charge in [0, 0.05) is 0 Å². The molecular weight excluding hydrogens is 406 g/mol. The topological polar surface area (TPSA) is 170 Å². The van der Waals surface area contributed by atoms with Crippen LogP contribution in [-0.4, -0.2) is 65.0 Å². The molecule has 0 fully saturated rings. The third-order valence-corrected chi connectivity index (χ3v) is 4.93. The Morgan fingerprint density at radius 2 is 1.65 bits per heavy atom. The summed E-state index contributed by atoms with van der Waals surface area (Å²) in [7, 11) is 0. The molecule has 5 rings (SSSR count). The zero-order valence-electron chi connectivity index (χ0n) is 16.4. The van der Waals surface area contributed by atoms with Gasteiger partial charge in [0.1, 0.15) is 5.52 Å². The highest BCUT2D eigenvalue weighted by molar-refractivity contribution is 5.93. The standard InChI is InChI=1S/C16H15N13O2/c1-9(5-27-20-6-18-23-27)26-8-17-13-3-12-14(4-11(13)15(26)30)22-25-28(16(12)31)10(2)29-21-7-19-24-29/h3-4,6-10H,5H2,1-2H3/t9-,10+/m1/s1. The molecule has 2 atom stereocenters. The maximum atomic E-state index is 13.1. The molecule has 0 saturated carbocycles. The number of hydrogen-bond acceptors (Lipinski definition) is 11. The van der Waals surface area contributed by atoms with Gasteiger partial charge in [-0.25, -0.2) is 4.98 Å². The van der Waals surface area contributed by atoms with Crippen LogP contribution in [0.5, 0.6) is 0 Å². The van der Waals surface area contributed by atoms with E-state index >= 15 is 0 Å². The average Bonchev–Trinajstić information content (AvgIpc) is 3.47. The van der Waals surface area contributed by atoms with E-state index in [-0.39, 0.29) is 22.5 Å². The Kier molecular flexibility index (Phi) is 4.27. The van der Waals surface area contributed by atoms with E-state index in [1.807, 2.05) is 6.92 Å². The lowest BCUT2D eigenvalue weighted by Crippen LogP contribution is -2.32. The lowest BCUT2D eigenvalue weighted by molar-refractivity contribution is 0.324. The molecule has 0 unspecified atom stereocenters. The van der Waals surface area contributed by atoms with Crippen LogP contribution in [0.4, 0.5) is 0 Å². The van der Waals surface area contributed by atoms with Crippen LogP contribution in [0.15, 0.2) is 40.7 Å². The Hall–Kier alpha value is -4.43. The Morgan fingerprint density at radius 3 is 2.39 bits per heavy atom. The van der Waals surface area contributed by atoms with Gasteiger partial charge in [-0.1, -0.05) is 5.21 Å². The van der Waals surface area contributed by atoms with E-state index in [9.17, 15) is 9.59 Å². The summed E-state index contributed by atoms with van der Waals surface area (Å²) in [5, 5.41) is 31.5. The summed E-state index contributed by atoms with van der Waals surface area (Å²) in [6.07, 6.45) is 3.40. The predicted molar refractivity (Wildman–Crippen MR) is 104 cm³/mol. The maximum Gasteiger partial charge on any atom is 0.279 e. The molecule has 0 N–H and O–H groups in total. The molecule has 0 aliphatic carbocycles. The molecule has 0 bridgehead atoms. The van der Waals surface area contributed by atoms with Crippen LogP contribution in [0, 0.1) is 0 Å². The molecule has 4 heterocycles. The zero-order chi connectivity index (χ0) is 21.5.